The number of fused-ring (bicyclic) bond motifs is 3. The van der Waals surface area contributed by atoms with Gasteiger partial charge in [0.2, 0.25) is 0 Å². The zero-order valence-electron chi connectivity index (χ0n) is 13.7. The third-order valence-corrected chi connectivity index (χ3v) is 5.27. The number of H-pyrrole nitrogens is 1. The van der Waals surface area contributed by atoms with Crippen LogP contribution in [0.15, 0.2) is 23.0 Å². The van der Waals surface area contributed by atoms with Crippen LogP contribution < -0.4 is 10.3 Å². The van der Waals surface area contributed by atoms with Gasteiger partial charge in [-0.15, -0.1) is 0 Å². The van der Waals surface area contributed by atoms with Crippen molar-refractivity contribution >= 4 is 32.5 Å². The monoisotopic (exact) mass is 345 g/mol. The first-order valence-corrected chi connectivity index (χ1v) is 8.79. The molecule has 1 saturated heterocycles. The van der Waals surface area contributed by atoms with Crippen molar-refractivity contribution in [2.75, 3.05) is 26.8 Å². The van der Waals surface area contributed by atoms with Crippen molar-refractivity contribution in [3.05, 3.63) is 33.6 Å². The number of thiazole rings is 1. The predicted molar refractivity (Wildman–Crippen MR) is 95.0 cm³/mol. The lowest BCUT2D eigenvalue weighted by atomic mass is 10.1. The number of hydrogen-bond donors (Lipinski definition) is 1. The van der Waals surface area contributed by atoms with Gasteiger partial charge in [0.15, 0.2) is 0 Å². The van der Waals surface area contributed by atoms with E-state index in [9.17, 15) is 4.79 Å². The quantitative estimate of drug-likeness (QED) is 0.789. The lowest BCUT2D eigenvalue weighted by molar-refractivity contribution is -0.0212. The van der Waals surface area contributed by atoms with E-state index in [0.717, 1.165) is 47.0 Å². The second kappa shape index (κ2) is 6.16. The zero-order chi connectivity index (χ0) is 16.7. The van der Waals surface area contributed by atoms with E-state index >= 15 is 0 Å². The lowest BCUT2D eigenvalue weighted by Crippen LogP contribution is -2.40. The number of nitrogens with zero attached hydrogens (tertiary/aromatic N) is 2. The van der Waals surface area contributed by atoms with Gasteiger partial charge in [0, 0.05) is 13.1 Å². The average Bonchev–Trinajstić information content (AvgIpc) is 2.96. The molecule has 1 aromatic carbocycles. The third kappa shape index (κ3) is 2.68. The molecular weight excluding hydrogens is 326 g/mol. The largest absolute Gasteiger partial charge is 0.496 e. The number of ether oxygens (including phenoxy) is 2. The summed E-state index contributed by atoms with van der Waals surface area (Å²) in [6.07, 6.45) is 0.244. The molecule has 0 aliphatic carbocycles. The van der Waals surface area contributed by atoms with Crippen molar-refractivity contribution in [3.8, 4) is 5.75 Å². The molecule has 1 fully saturated rings. The van der Waals surface area contributed by atoms with E-state index in [1.165, 1.54) is 11.3 Å². The van der Waals surface area contributed by atoms with Crippen LogP contribution in [0, 0.1) is 0 Å². The minimum Gasteiger partial charge on any atom is -0.496 e. The Morgan fingerprint density at radius 2 is 2.38 bits per heavy atom. The van der Waals surface area contributed by atoms with E-state index in [2.05, 4.69) is 16.8 Å². The summed E-state index contributed by atoms with van der Waals surface area (Å²) in [6.45, 7) is 5.41. The van der Waals surface area contributed by atoms with Gasteiger partial charge in [-0.2, -0.15) is 0 Å². The number of aromatic amines is 1. The molecule has 3 aromatic rings. The van der Waals surface area contributed by atoms with Crippen LogP contribution in [0.3, 0.4) is 0 Å². The molecule has 3 heterocycles. The molecular formula is C17H19N3O3S. The highest BCUT2D eigenvalue weighted by Crippen LogP contribution is 2.32. The summed E-state index contributed by atoms with van der Waals surface area (Å²) in [6, 6.07) is 5.49. The third-order valence-electron chi connectivity index (χ3n) is 4.31. The van der Waals surface area contributed by atoms with Gasteiger partial charge >= 0.3 is 0 Å². The molecule has 4 rings (SSSR count). The van der Waals surface area contributed by atoms with Gasteiger partial charge in [0.05, 0.1) is 37.1 Å². The van der Waals surface area contributed by atoms with Crippen molar-refractivity contribution in [3.63, 3.8) is 0 Å². The topological polar surface area (TPSA) is 67.5 Å². The number of morpholine rings is 1. The lowest BCUT2D eigenvalue weighted by Gasteiger charge is -2.30. The number of methoxy groups -OCH3 is 1. The molecule has 0 unspecified atom stereocenters. The van der Waals surface area contributed by atoms with E-state index in [0.29, 0.717) is 11.1 Å². The van der Waals surface area contributed by atoms with E-state index < -0.39 is 0 Å². The van der Waals surface area contributed by atoms with Gasteiger partial charge in [-0.25, -0.2) is 4.98 Å². The fraction of sp³-hybridized carbons (Fsp3) is 0.412. The number of benzene rings is 1. The summed E-state index contributed by atoms with van der Waals surface area (Å²) in [4.78, 5) is 23.2. The van der Waals surface area contributed by atoms with Crippen molar-refractivity contribution in [2.45, 2.75) is 19.6 Å². The van der Waals surface area contributed by atoms with E-state index in [4.69, 9.17) is 14.5 Å². The van der Waals surface area contributed by atoms with Crippen molar-refractivity contribution in [2.24, 2.45) is 0 Å². The first-order chi connectivity index (χ1) is 11.7. The Morgan fingerprint density at radius 3 is 3.17 bits per heavy atom. The zero-order valence-corrected chi connectivity index (χ0v) is 14.5. The van der Waals surface area contributed by atoms with Crippen LogP contribution in [0.5, 0.6) is 5.75 Å². The Morgan fingerprint density at radius 1 is 1.50 bits per heavy atom. The van der Waals surface area contributed by atoms with Crippen molar-refractivity contribution in [1.82, 2.24) is 14.9 Å². The maximum absolute atomic E-state index is 12.3. The fourth-order valence-corrected chi connectivity index (χ4v) is 4.22. The van der Waals surface area contributed by atoms with Crippen LogP contribution in [0.25, 0.3) is 21.1 Å². The maximum Gasteiger partial charge on any atom is 0.257 e. The van der Waals surface area contributed by atoms with Crippen molar-refractivity contribution in [1.29, 1.82) is 0 Å². The van der Waals surface area contributed by atoms with Crippen LogP contribution in [0.4, 0.5) is 0 Å². The Kier molecular flexibility index (Phi) is 3.99. The van der Waals surface area contributed by atoms with Gasteiger partial charge in [0.1, 0.15) is 21.1 Å². The van der Waals surface area contributed by atoms with Crippen LogP contribution in [-0.4, -0.2) is 47.8 Å². The molecule has 7 heteroatoms. The Bertz CT molecular complexity index is 949. The number of hydrogen-bond acceptors (Lipinski definition) is 6. The molecule has 1 atom stereocenters. The number of pyridine rings is 1. The molecule has 1 aliphatic rings. The van der Waals surface area contributed by atoms with E-state index in [1.807, 2.05) is 12.1 Å². The molecule has 24 heavy (non-hydrogen) atoms. The number of nitrogens with one attached hydrogen (secondary N) is 1. The van der Waals surface area contributed by atoms with Gasteiger partial charge < -0.3 is 14.5 Å². The van der Waals surface area contributed by atoms with Gasteiger partial charge in [-0.3, -0.25) is 9.69 Å². The molecule has 2 aromatic heterocycles. The van der Waals surface area contributed by atoms with E-state index in [1.54, 1.807) is 13.2 Å². The predicted octanol–water partition coefficient (Wildman–Crippen LogP) is 2.37. The smallest absolute Gasteiger partial charge is 0.257 e. The first kappa shape index (κ1) is 15.6. The molecule has 6 nitrogen and oxygen atoms in total. The van der Waals surface area contributed by atoms with Crippen LogP contribution in [0.2, 0.25) is 0 Å². The minimum atomic E-state index is -0.105. The standard InChI is InChI=1S/C17H19N3O3S/c1-10-8-20(6-7-23-10)9-13-18-15-14-11(4-3-5-12(14)22-2)16(21)19-17(15)24-13/h3-5,10H,6-9H2,1-2H3,(H,19,21)/t10-/m0/s1. The van der Waals surface area contributed by atoms with E-state index in [-0.39, 0.29) is 11.7 Å². The second-order valence-electron chi connectivity index (χ2n) is 6.04. The van der Waals surface area contributed by atoms with Crippen LogP contribution in [0.1, 0.15) is 11.9 Å². The SMILES string of the molecule is COc1cccc2c(=O)[nH]c3sc(CN4CCO[C@@H](C)C4)nc3c12. The second-order valence-corrected chi connectivity index (χ2v) is 7.12. The Hall–Kier alpha value is -1.96. The highest BCUT2D eigenvalue weighted by Gasteiger charge is 2.19. The molecule has 1 N–H and O–H groups in total. The van der Waals surface area contributed by atoms with Crippen molar-refractivity contribution < 1.29 is 9.47 Å². The Labute approximate surface area is 143 Å². The molecule has 0 spiro atoms. The first-order valence-electron chi connectivity index (χ1n) is 7.98. The summed E-state index contributed by atoms with van der Waals surface area (Å²) in [5.74, 6) is 0.681. The van der Waals surface area contributed by atoms with Gasteiger partial charge in [0.25, 0.3) is 5.56 Å². The summed E-state index contributed by atoms with van der Waals surface area (Å²) in [7, 11) is 1.62. The Balaban J connectivity index is 1.80. The molecule has 0 radical (unpaired) electrons. The minimum absolute atomic E-state index is 0.105. The van der Waals surface area contributed by atoms with Gasteiger partial charge in [-0.05, 0) is 19.1 Å². The fourth-order valence-electron chi connectivity index (χ4n) is 3.22. The maximum atomic E-state index is 12.3. The summed E-state index contributed by atoms with van der Waals surface area (Å²) < 4.78 is 11.0. The highest BCUT2D eigenvalue weighted by molar-refractivity contribution is 7.18. The van der Waals surface area contributed by atoms with Crippen LogP contribution in [-0.2, 0) is 11.3 Å². The van der Waals surface area contributed by atoms with Crippen LogP contribution >= 0.6 is 11.3 Å². The average molecular weight is 345 g/mol. The normalized spacial score (nSPS) is 19.2. The highest BCUT2D eigenvalue weighted by atomic mass is 32.1. The number of rotatable bonds is 3. The summed E-state index contributed by atoms with van der Waals surface area (Å²) in [5, 5.41) is 2.39. The molecule has 1 aliphatic heterocycles. The summed E-state index contributed by atoms with van der Waals surface area (Å²) >= 11 is 1.54. The molecule has 0 bridgehead atoms. The van der Waals surface area contributed by atoms with Gasteiger partial charge in [-0.1, -0.05) is 17.4 Å². The number of aromatic nitrogens is 2. The molecule has 0 amide bonds. The molecule has 126 valence electrons. The molecule has 0 saturated carbocycles. The summed E-state index contributed by atoms with van der Waals surface area (Å²) in [5.41, 5.74) is 0.704.